The van der Waals surface area contributed by atoms with E-state index < -0.39 is 17.6 Å². The van der Waals surface area contributed by atoms with Crippen LogP contribution in [0.2, 0.25) is 0 Å². The molecule has 0 aromatic heterocycles. The Morgan fingerprint density at radius 2 is 1.55 bits per heavy atom. The van der Waals surface area contributed by atoms with E-state index >= 15 is 0 Å². The molecule has 6 nitrogen and oxygen atoms in total. The minimum absolute atomic E-state index is 0.0760. The van der Waals surface area contributed by atoms with Crippen LogP contribution in [0.5, 0.6) is 5.75 Å². The van der Waals surface area contributed by atoms with Crippen molar-refractivity contribution in [3.05, 3.63) is 54.6 Å². The topological polar surface area (TPSA) is 107 Å². The third-order valence-electron chi connectivity index (χ3n) is 2.46. The maximum absolute atomic E-state index is 12.1. The summed E-state index contributed by atoms with van der Waals surface area (Å²) in [5.41, 5.74) is 0. The van der Waals surface area contributed by atoms with E-state index in [9.17, 15) is 17.9 Å². The fourth-order valence-corrected chi connectivity index (χ4v) is 3.08. The third kappa shape index (κ3) is 3.46. The van der Waals surface area contributed by atoms with E-state index in [0.29, 0.717) is 0 Å². The highest BCUT2D eigenvalue weighted by molar-refractivity contribution is 7.89. The molecule has 20 heavy (non-hydrogen) atoms. The molecule has 3 N–H and O–H groups in total. The van der Waals surface area contributed by atoms with Gasteiger partial charge in [-0.1, -0.05) is 18.2 Å². The first kappa shape index (κ1) is 14.7. The Labute approximate surface area is 116 Å². The second-order valence-electron chi connectivity index (χ2n) is 3.96. The van der Waals surface area contributed by atoms with Crippen LogP contribution in [0, 0.1) is 0 Å². The number of sulfonamides is 1. The molecule has 1 atom stereocenters. The van der Waals surface area contributed by atoms with Crippen molar-refractivity contribution in [2.45, 2.75) is 4.90 Å². The normalized spacial score (nSPS) is 14.5. The van der Waals surface area contributed by atoms with Gasteiger partial charge in [-0.15, -0.1) is 0 Å². The SMILES string of the molecule is NS(=O)(=O)c1ccc(OP(=O)(O)c2ccccc2)cc1. The van der Waals surface area contributed by atoms with Crippen molar-refractivity contribution in [2.75, 3.05) is 0 Å². The smallest absolute Gasteiger partial charge is 0.408 e. The lowest BCUT2D eigenvalue weighted by atomic mass is 10.3. The van der Waals surface area contributed by atoms with Crippen molar-refractivity contribution in [2.24, 2.45) is 5.14 Å². The van der Waals surface area contributed by atoms with E-state index in [1.807, 2.05) is 0 Å². The number of hydrogen-bond acceptors (Lipinski definition) is 4. The van der Waals surface area contributed by atoms with Gasteiger partial charge in [-0.05, 0) is 36.4 Å². The van der Waals surface area contributed by atoms with Gasteiger partial charge in [0.25, 0.3) is 0 Å². The van der Waals surface area contributed by atoms with Crippen LogP contribution in [0.1, 0.15) is 0 Å². The molecular formula is C12H12NO5PS. The second-order valence-corrected chi connectivity index (χ2v) is 7.26. The fraction of sp³-hybridized carbons (Fsp3) is 0. The lowest BCUT2D eigenvalue weighted by Crippen LogP contribution is -2.12. The van der Waals surface area contributed by atoms with Gasteiger partial charge in [0.1, 0.15) is 5.75 Å². The predicted molar refractivity (Wildman–Crippen MR) is 74.3 cm³/mol. The van der Waals surface area contributed by atoms with Crippen LogP contribution in [0.15, 0.2) is 59.5 Å². The van der Waals surface area contributed by atoms with Crippen molar-refractivity contribution in [3.8, 4) is 5.75 Å². The van der Waals surface area contributed by atoms with E-state index in [4.69, 9.17) is 9.66 Å². The van der Waals surface area contributed by atoms with Gasteiger partial charge in [0.05, 0.1) is 10.2 Å². The predicted octanol–water partition coefficient (Wildman–Crippen LogP) is 1.22. The van der Waals surface area contributed by atoms with Crippen molar-refractivity contribution >= 4 is 22.9 Å². The number of nitrogens with two attached hydrogens (primary N) is 1. The molecule has 0 radical (unpaired) electrons. The zero-order chi connectivity index (χ0) is 14.8. The molecule has 0 aliphatic carbocycles. The van der Waals surface area contributed by atoms with Crippen molar-refractivity contribution in [3.63, 3.8) is 0 Å². The van der Waals surface area contributed by atoms with E-state index in [-0.39, 0.29) is 15.9 Å². The molecule has 0 aliphatic rings. The van der Waals surface area contributed by atoms with Gasteiger partial charge >= 0.3 is 7.60 Å². The van der Waals surface area contributed by atoms with Crippen LogP contribution in [0.4, 0.5) is 0 Å². The summed E-state index contributed by atoms with van der Waals surface area (Å²) < 4.78 is 39.3. The van der Waals surface area contributed by atoms with Crippen LogP contribution in [-0.4, -0.2) is 13.3 Å². The third-order valence-corrected chi connectivity index (χ3v) is 4.80. The molecular weight excluding hydrogens is 301 g/mol. The largest absolute Gasteiger partial charge is 0.421 e. The summed E-state index contributed by atoms with van der Waals surface area (Å²) >= 11 is 0. The number of rotatable bonds is 4. The number of hydrogen-bond donors (Lipinski definition) is 2. The summed E-state index contributed by atoms with van der Waals surface area (Å²) in [5, 5.41) is 5.10. The van der Waals surface area contributed by atoms with E-state index in [0.717, 1.165) is 0 Å². The number of benzene rings is 2. The molecule has 0 bridgehead atoms. The van der Waals surface area contributed by atoms with E-state index in [2.05, 4.69) is 0 Å². The average molecular weight is 313 g/mol. The molecule has 0 saturated carbocycles. The molecule has 2 aromatic rings. The maximum Gasteiger partial charge on any atom is 0.408 e. The zero-order valence-electron chi connectivity index (χ0n) is 10.2. The van der Waals surface area contributed by atoms with Crippen LogP contribution in [0.25, 0.3) is 0 Å². The molecule has 2 rings (SSSR count). The summed E-state index contributed by atoms with van der Waals surface area (Å²) in [7, 11) is -7.81. The zero-order valence-corrected chi connectivity index (χ0v) is 11.9. The van der Waals surface area contributed by atoms with E-state index in [1.165, 1.54) is 36.4 Å². The van der Waals surface area contributed by atoms with Gasteiger partial charge in [0.2, 0.25) is 10.0 Å². The summed E-state index contributed by atoms with van der Waals surface area (Å²) in [6.45, 7) is 0. The van der Waals surface area contributed by atoms with E-state index in [1.54, 1.807) is 18.2 Å². The molecule has 0 heterocycles. The van der Waals surface area contributed by atoms with Crippen LogP contribution in [-0.2, 0) is 14.6 Å². The highest BCUT2D eigenvalue weighted by atomic mass is 32.2. The Kier molecular flexibility index (Phi) is 3.96. The first-order valence-corrected chi connectivity index (χ1v) is 8.62. The number of primary sulfonamides is 1. The molecule has 0 amide bonds. The van der Waals surface area contributed by atoms with Crippen molar-refractivity contribution in [1.82, 2.24) is 0 Å². The molecule has 0 aliphatic heterocycles. The minimum atomic E-state index is -4.00. The van der Waals surface area contributed by atoms with Crippen molar-refractivity contribution < 1.29 is 22.4 Å². The Hall–Kier alpha value is -1.66. The van der Waals surface area contributed by atoms with Gasteiger partial charge < -0.3 is 9.42 Å². The van der Waals surface area contributed by atoms with Crippen molar-refractivity contribution in [1.29, 1.82) is 0 Å². The Morgan fingerprint density at radius 3 is 2.05 bits per heavy atom. The maximum atomic E-state index is 12.1. The van der Waals surface area contributed by atoms with Gasteiger partial charge in [-0.25, -0.2) is 18.1 Å². The molecule has 8 heteroatoms. The fourth-order valence-electron chi connectivity index (χ4n) is 1.50. The van der Waals surface area contributed by atoms with Gasteiger partial charge in [0, 0.05) is 0 Å². The summed E-state index contributed by atoms with van der Waals surface area (Å²) in [6.07, 6.45) is 0. The summed E-state index contributed by atoms with van der Waals surface area (Å²) in [4.78, 5) is 9.76. The quantitative estimate of drug-likeness (QED) is 0.825. The Balaban J connectivity index is 2.25. The molecule has 0 fully saturated rings. The molecule has 106 valence electrons. The van der Waals surface area contributed by atoms with Gasteiger partial charge in [0.15, 0.2) is 0 Å². The van der Waals surface area contributed by atoms with Gasteiger partial charge in [-0.3, -0.25) is 0 Å². The Bertz CT molecular complexity index is 743. The summed E-state index contributed by atoms with van der Waals surface area (Å²) in [5.74, 6) is 0.0760. The lowest BCUT2D eigenvalue weighted by molar-refractivity contribution is 0.393. The molecule has 0 spiro atoms. The van der Waals surface area contributed by atoms with Crippen LogP contribution < -0.4 is 15.0 Å². The minimum Gasteiger partial charge on any atom is -0.421 e. The molecule has 2 aromatic carbocycles. The first-order chi connectivity index (χ1) is 9.29. The highest BCUT2D eigenvalue weighted by Gasteiger charge is 2.24. The summed E-state index contributed by atoms with van der Waals surface area (Å²) in [6, 6.07) is 12.8. The monoisotopic (exact) mass is 313 g/mol. The molecule has 0 saturated heterocycles. The molecule has 1 unspecified atom stereocenters. The van der Waals surface area contributed by atoms with Crippen LogP contribution >= 0.6 is 7.60 Å². The standard InChI is InChI=1S/C12H12NO5PS/c13-20(16,17)12-8-6-10(7-9-12)18-19(14,15)11-4-2-1-3-5-11/h1-9H,(H,14,15)(H2,13,16,17). The highest BCUT2D eigenvalue weighted by Crippen LogP contribution is 2.41. The first-order valence-electron chi connectivity index (χ1n) is 5.50. The Morgan fingerprint density at radius 1 is 1.00 bits per heavy atom. The second kappa shape index (κ2) is 5.38. The lowest BCUT2D eigenvalue weighted by Gasteiger charge is -2.13. The average Bonchev–Trinajstić information content (AvgIpc) is 2.39. The van der Waals surface area contributed by atoms with Crippen LogP contribution in [0.3, 0.4) is 0 Å². The van der Waals surface area contributed by atoms with Gasteiger partial charge in [-0.2, -0.15) is 0 Å².